The molecule has 2 N–H and O–H groups in total. The van der Waals surface area contributed by atoms with Crippen molar-refractivity contribution < 1.29 is 37.3 Å². The Morgan fingerprint density at radius 2 is 1.55 bits per heavy atom. The number of carboxylic acid groups (broad SMARTS) is 1. The number of ether oxygens (including phenoxy) is 4. The highest BCUT2D eigenvalue weighted by Gasteiger charge is 2.19. The Kier molecular flexibility index (Phi) is 8.38. The summed E-state index contributed by atoms with van der Waals surface area (Å²) in [6.07, 6.45) is 0.193. The molecule has 0 fully saturated rings. The number of hydrogen-bond donors (Lipinski definition) is 2. The Balaban J connectivity index is 2.19. The SMILES string of the molecule is COc1cc(OC)c(CCS(=O)(=O)Cc2ccc(OC)c(NCC(=O)O)c2)c(OC)c1. The third kappa shape index (κ3) is 6.68. The normalized spacial score (nSPS) is 11.0. The van der Waals surface area contributed by atoms with E-state index in [0.29, 0.717) is 39.8 Å². The van der Waals surface area contributed by atoms with Crippen molar-refractivity contribution in [3.8, 4) is 23.0 Å². The highest BCUT2D eigenvalue weighted by atomic mass is 32.2. The Morgan fingerprint density at radius 1 is 0.935 bits per heavy atom. The summed E-state index contributed by atoms with van der Waals surface area (Å²) in [6.45, 7) is -0.316. The maximum Gasteiger partial charge on any atom is 0.322 e. The summed E-state index contributed by atoms with van der Waals surface area (Å²) in [7, 11) is 2.47. The Bertz CT molecular complexity index is 995. The molecule has 0 aliphatic rings. The number of hydrogen-bond acceptors (Lipinski definition) is 8. The van der Waals surface area contributed by atoms with Crippen LogP contribution in [0.4, 0.5) is 5.69 Å². The molecule has 0 saturated heterocycles. The van der Waals surface area contributed by atoms with E-state index in [-0.39, 0.29) is 24.5 Å². The molecule has 10 heteroatoms. The van der Waals surface area contributed by atoms with E-state index in [4.69, 9.17) is 24.1 Å². The fourth-order valence-electron chi connectivity index (χ4n) is 3.06. The van der Waals surface area contributed by atoms with E-state index in [1.54, 1.807) is 30.3 Å². The number of benzene rings is 2. The smallest absolute Gasteiger partial charge is 0.322 e. The summed E-state index contributed by atoms with van der Waals surface area (Å²) in [5.41, 5.74) is 1.56. The first kappa shape index (κ1) is 24.1. The molecule has 0 aliphatic carbocycles. The first-order valence-electron chi connectivity index (χ1n) is 9.34. The third-order valence-corrected chi connectivity index (χ3v) is 6.16. The number of carbonyl (C=O) groups is 1. The molecule has 0 atom stereocenters. The summed E-state index contributed by atoms with van der Waals surface area (Å²) in [6, 6.07) is 8.16. The lowest BCUT2D eigenvalue weighted by molar-refractivity contribution is -0.134. The van der Waals surface area contributed by atoms with Gasteiger partial charge in [0, 0.05) is 17.7 Å². The van der Waals surface area contributed by atoms with Gasteiger partial charge in [-0.1, -0.05) is 6.07 Å². The molecule has 9 nitrogen and oxygen atoms in total. The van der Waals surface area contributed by atoms with Crippen LogP contribution >= 0.6 is 0 Å². The van der Waals surface area contributed by atoms with Crippen molar-refractivity contribution in [3.63, 3.8) is 0 Å². The zero-order valence-corrected chi connectivity index (χ0v) is 18.7. The molecular formula is C21H27NO8S. The minimum atomic E-state index is -3.49. The van der Waals surface area contributed by atoms with E-state index in [2.05, 4.69) is 5.32 Å². The molecule has 0 saturated carbocycles. The molecule has 0 radical (unpaired) electrons. The Hall–Kier alpha value is -3.14. The summed E-state index contributed by atoms with van der Waals surface area (Å²) < 4.78 is 46.7. The minimum Gasteiger partial charge on any atom is -0.496 e. The molecule has 0 aromatic heterocycles. The van der Waals surface area contributed by atoms with Gasteiger partial charge in [0.25, 0.3) is 0 Å². The predicted octanol–water partition coefficient (Wildman–Crippen LogP) is 2.38. The van der Waals surface area contributed by atoms with Gasteiger partial charge in [0.05, 0.1) is 45.6 Å². The number of anilines is 1. The number of carboxylic acids is 1. The minimum absolute atomic E-state index is 0.129. The Morgan fingerprint density at radius 3 is 2.06 bits per heavy atom. The maximum atomic E-state index is 12.8. The number of nitrogens with one attached hydrogen (secondary N) is 1. The molecular weight excluding hydrogens is 426 g/mol. The largest absolute Gasteiger partial charge is 0.496 e. The summed E-state index contributed by atoms with van der Waals surface area (Å²) in [5, 5.41) is 11.6. The summed E-state index contributed by atoms with van der Waals surface area (Å²) in [5.74, 6) is 0.555. The van der Waals surface area contributed by atoms with Crippen LogP contribution in [0.15, 0.2) is 30.3 Å². The second kappa shape index (κ2) is 10.8. The first-order chi connectivity index (χ1) is 14.7. The molecule has 2 aromatic carbocycles. The molecule has 170 valence electrons. The molecule has 0 amide bonds. The van der Waals surface area contributed by atoms with Crippen LogP contribution in [0, 0.1) is 0 Å². The molecule has 0 heterocycles. The van der Waals surface area contributed by atoms with Crippen molar-refractivity contribution in [2.75, 3.05) is 46.1 Å². The first-order valence-corrected chi connectivity index (χ1v) is 11.2. The van der Waals surface area contributed by atoms with Crippen LogP contribution in [0.25, 0.3) is 0 Å². The molecule has 0 aliphatic heterocycles. The van der Waals surface area contributed by atoms with Gasteiger partial charge in [-0.25, -0.2) is 8.42 Å². The molecule has 0 spiro atoms. The van der Waals surface area contributed by atoms with Gasteiger partial charge in [-0.15, -0.1) is 0 Å². The fourth-order valence-corrected chi connectivity index (χ4v) is 4.41. The van der Waals surface area contributed by atoms with Crippen molar-refractivity contribution in [3.05, 3.63) is 41.5 Å². The van der Waals surface area contributed by atoms with Gasteiger partial charge in [0.2, 0.25) is 0 Å². The van der Waals surface area contributed by atoms with E-state index >= 15 is 0 Å². The van der Waals surface area contributed by atoms with Crippen LogP contribution < -0.4 is 24.3 Å². The molecule has 2 aromatic rings. The number of methoxy groups -OCH3 is 4. The number of aliphatic carboxylic acids is 1. The van der Waals surface area contributed by atoms with E-state index in [1.165, 1.54) is 28.4 Å². The Labute approximate surface area is 181 Å². The van der Waals surface area contributed by atoms with Gasteiger partial charge in [-0.2, -0.15) is 0 Å². The second-order valence-electron chi connectivity index (χ2n) is 6.63. The van der Waals surface area contributed by atoms with Gasteiger partial charge in [-0.05, 0) is 24.1 Å². The molecule has 2 rings (SSSR count). The van der Waals surface area contributed by atoms with Gasteiger partial charge in [0.15, 0.2) is 9.84 Å². The summed E-state index contributed by atoms with van der Waals surface area (Å²) >= 11 is 0. The lowest BCUT2D eigenvalue weighted by Gasteiger charge is -2.15. The van der Waals surface area contributed by atoms with Crippen molar-refractivity contribution in [1.82, 2.24) is 0 Å². The zero-order chi connectivity index (χ0) is 23.0. The van der Waals surface area contributed by atoms with Gasteiger partial charge < -0.3 is 29.4 Å². The van der Waals surface area contributed by atoms with Crippen LogP contribution in [0.5, 0.6) is 23.0 Å². The maximum absolute atomic E-state index is 12.8. The topological polar surface area (TPSA) is 120 Å². The van der Waals surface area contributed by atoms with Crippen molar-refractivity contribution in [2.45, 2.75) is 12.2 Å². The van der Waals surface area contributed by atoms with E-state index < -0.39 is 15.8 Å². The highest BCUT2D eigenvalue weighted by molar-refractivity contribution is 7.90. The van der Waals surface area contributed by atoms with Crippen LogP contribution in [-0.2, 0) is 26.8 Å². The van der Waals surface area contributed by atoms with E-state index in [9.17, 15) is 13.2 Å². The fraction of sp³-hybridized carbons (Fsp3) is 0.381. The summed E-state index contributed by atoms with van der Waals surface area (Å²) in [4.78, 5) is 10.8. The van der Waals surface area contributed by atoms with Crippen LogP contribution in [0.2, 0.25) is 0 Å². The number of sulfone groups is 1. The standard InChI is InChI=1S/C21H27NO8S/c1-27-15-10-19(29-3)16(20(11-15)30-4)7-8-31(25,26)13-14-5-6-18(28-2)17(9-14)22-12-21(23)24/h5-6,9-11,22H,7-8,12-13H2,1-4H3,(H,23,24). The second-order valence-corrected chi connectivity index (χ2v) is 8.82. The predicted molar refractivity (Wildman–Crippen MR) is 116 cm³/mol. The van der Waals surface area contributed by atoms with E-state index in [0.717, 1.165) is 0 Å². The average molecular weight is 454 g/mol. The van der Waals surface area contributed by atoms with Gasteiger partial charge in [0.1, 0.15) is 29.5 Å². The highest BCUT2D eigenvalue weighted by Crippen LogP contribution is 2.35. The average Bonchev–Trinajstić information content (AvgIpc) is 2.75. The number of rotatable bonds is 12. The zero-order valence-electron chi connectivity index (χ0n) is 17.9. The third-order valence-electron chi connectivity index (χ3n) is 4.56. The van der Waals surface area contributed by atoms with Crippen LogP contribution in [0.3, 0.4) is 0 Å². The van der Waals surface area contributed by atoms with Crippen LogP contribution in [-0.4, -0.2) is 60.2 Å². The van der Waals surface area contributed by atoms with Crippen molar-refractivity contribution in [1.29, 1.82) is 0 Å². The monoisotopic (exact) mass is 453 g/mol. The lowest BCUT2D eigenvalue weighted by Crippen LogP contribution is -2.14. The van der Waals surface area contributed by atoms with Crippen LogP contribution in [0.1, 0.15) is 11.1 Å². The lowest BCUT2D eigenvalue weighted by atomic mass is 10.1. The van der Waals surface area contributed by atoms with Crippen molar-refractivity contribution in [2.24, 2.45) is 0 Å². The quantitative estimate of drug-likeness (QED) is 0.499. The van der Waals surface area contributed by atoms with E-state index in [1.807, 2.05) is 0 Å². The molecule has 31 heavy (non-hydrogen) atoms. The van der Waals surface area contributed by atoms with Crippen molar-refractivity contribution >= 4 is 21.5 Å². The molecule has 0 unspecified atom stereocenters. The molecule has 0 bridgehead atoms. The van der Waals surface area contributed by atoms with Gasteiger partial charge >= 0.3 is 5.97 Å². The van der Waals surface area contributed by atoms with Gasteiger partial charge in [-0.3, -0.25) is 4.79 Å².